The number of carbonyl (C=O) groups excluding carboxylic acids is 1. The Morgan fingerprint density at radius 1 is 1.25 bits per heavy atom. The van der Waals surface area contributed by atoms with Crippen LogP contribution in [0.4, 0.5) is 0 Å². The molecule has 0 aliphatic heterocycles. The fraction of sp³-hybridized carbons (Fsp3) is 0.333. The second kappa shape index (κ2) is 9.39. The van der Waals surface area contributed by atoms with Crippen LogP contribution in [0.3, 0.4) is 0 Å². The smallest absolute Gasteiger partial charge is 0.261 e. The summed E-state index contributed by atoms with van der Waals surface area (Å²) < 4.78 is 5.75. The van der Waals surface area contributed by atoms with E-state index in [1.165, 1.54) is 0 Å². The van der Waals surface area contributed by atoms with Crippen LogP contribution in [0.2, 0.25) is 0 Å². The first kappa shape index (κ1) is 18.4. The molecule has 0 saturated heterocycles. The van der Waals surface area contributed by atoms with Gasteiger partial charge in [0.15, 0.2) is 5.11 Å². The van der Waals surface area contributed by atoms with Gasteiger partial charge in [0, 0.05) is 4.88 Å². The number of benzene rings is 1. The zero-order chi connectivity index (χ0) is 17.4. The molecule has 0 bridgehead atoms. The van der Waals surface area contributed by atoms with Gasteiger partial charge in [0.25, 0.3) is 5.91 Å². The van der Waals surface area contributed by atoms with E-state index in [1.54, 1.807) is 23.5 Å². The molecular formula is C18H22N2O2S2. The quantitative estimate of drug-likeness (QED) is 0.732. The Morgan fingerprint density at radius 2 is 2.04 bits per heavy atom. The van der Waals surface area contributed by atoms with Gasteiger partial charge in [-0.1, -0.05) is 32.0 Å². The summed E-state index contributed by atoms with van der Waals surface area (Å²) in [5, 5.41) is 8.05. The summed E-state index contributed by atoms with van der Waals surface area (Å²) in [6.45, 7) is 5.46. The first-order valence-corrected chi connectivity index (χ1v) is 9.18. The SMILES string of the molecule is CC(C)CCOc1ccccc1C(=O)NC(=S)NCc1cccs1. The number of thiophene rings is 1. The maximum atomic E-state index is 12.4. The second-order valence-corrected chi connectivity index (χ2v) is 7.18. The minimum absolute atomic E-state index is 0.265. The van der Waals surface area contributed by atoms with Crippen molar-refractivity contribution in [2.24, 2.45) is 5.92 Å². The van der Waals surface area contributed by atoms with Crippen molar-refractivity contribution in [1.29, 1.82) is 0 Å². The summed E-state index contributed by atoms with van der Waals surface area (Å²) in [5.41, 5.74) is 0.488. The third kappa shape index (κ3) is 5.94. The maximum absolute atomic E-state index is 12.4. The van der Waals surface area contributed by atoms with Crippen molar-refractivity contribution in [3.05, 3.63) is 52.2 Å². The van der Waals surface area contributed by atoms with Crippen molar-refractivity contribution in [3.8, 4) is 5.75 Å². The summed E-state index contributed by atoms with van der Waals surface area (Å²) in [5.74, 6) is 0.871. The molecule has 0 unspecified atom stereocenters. The Morgan fingerprint density at radius 3 is 2.75 bits per heavy atom. The van der Waals surface area contributed by atoms with Gasteiger partial charge in [-0.15, -0.1) is 11.3 Å². The maximum Gasteiger partial charge on any atom is 0.261 e. The van der Waals surface area contributed by atoms with Crippen LogP contribution in [0, 0.1) is 5.92 Å². The van der Waals surface area contributed by atoms with E-state index in [2.05, 4.69) is 24.5 Å². The van der Waals surface area contributed by atoms with Gasteiger partial charge in [-0.25, -0.2) is 0 Å². The van der Waals surface area contributed by atoms with Crippen LogP contribution in [0.5, 0.6) is 5.75 Å². The summed E-state index contributed by atoms with van der Waals surface area (Å²) in [6.07, 6.45) is 0.941. The molecule has 1 aromatic carbocycles. The number of thiocarbonyl (C=S) groups is 1. The number of rotatable bonds is 7. The van der Waals surface area contributed by atoms with Crippen LogP contribution in [-0.4, -0.2) is 17.6 Å². The molecule has 0 fully saturated rings. The zero-order valence-electron chi connectivity index (χ0n) is 13.9. The normalized spacial score (nSPS) is 10.5. The van der Waals surface area contributed by atoms with Crippen molar-refractivity contribution in [1.82, 2.24) is 10.6 Å². The van der Waals surface area contributed by atoms with Crippen LogP contribution >= 0.6 is 23.6 Å². The molecule has 2 N–H and O–H groups in total. The predicted molar refractivity (Wildman–Crippen MR) is 103 cm³/mol. The van der Waals surface area contributed by atoms with Gasteiger partial charge < -0.3 is 10.1 Å². The molecule has 1 aromatic heterocycles. The molecule has 128 valence electrons. The van der Waals surface area contributed by atoms with Gasteiger partial charge in [0.05, 0.1) is 18.7 Å². The molecule has 4 nitrogen and oxygen atoms in total. The Bertz CT molecular complexity index is 669. The number of ether oxygens (including phenoxy) is 1. The monoisotopic (exact) mass is 362 g/mol. The third-order valence-corrected chi connectivity index (χ3v) is 4.44. The molecule has 0 radical (unpaired) electrons. The highest BCUT2D eigenvalue weighted by Crippen LogP contribution is 2.18. The summed E-state index contributed by atoms with van der Waals surface area (Å²) in [4.78, 5) is 13.6. The number of hydrogen-bond acceptors (Lipinski definition) is 4. The standard InChI is InChI=1S/C18H22N2O2S2/c1-13(2)9-10-22-16-8-4-3-7-15(16)17(21)20-18(23)19-12-14-6-5-11-24-14/h3-8,11,13H,9-10,12H2,1-2H3,(H2,19,20,21,23). The van der Waals surface area contributed by atoms with Crippen molar-refractivity contribution < 1.29 is 9.53 Å². The number of nitrogens with one attached hydrogen (secondary N) is 2. The van der Waals surface area contributed by atoms with E-state index >= 15 is 0 Å². The van der Waals surface area contributed by atoms with Crippen molar-refractivity contribution in [3.63, 3.8) is 0 Å². The molecule has 0 aliphatic rings. The molecule has 1 heterocycles. The van der Waals surface area contributed by atoms with Crippen LogP contribution < -0.4 is 15.4 Å². The van der Waals surface area contributed by atoms with Crippen molar-refractivity contribution in [2.75, 3.05) is 6.61 Å². The number of para-hydroxylation sites is 1. The molecule has 2 rings (SSSR count). The van der Waals surface area contributed by atoms with Crippen LogP contribution in [0.15, 0.2) is 41.8 Å². The lowest BCUT2D eigenvalue weighted by molar-refractivity contribution is 0.0972. The van der Waals surface area contributed by atoms with Crippen LogP contribution in [0.1, 0.15) is 35.5 Å². The van der Waals surface area contributed by atoms with Gasteiger partial charge in [-0.3, -0.25) is 10.1 Å². The van der Waals surface area contributed by atoms with E-state index in [-0.39, 0.29) is 5.91 Å². The largest absolute Gasteiger partial charge is 0.493 e. The van der Waals surface area contributed by atoms with Gasteiger partial charge in [-0.2, -0.15) is 0 Å². The van der Waals surface area contributed by atoms with Crippen LogP contribution in [0.25, 0.3) is 0 Å². The minimum atomic E-state index is -0.265. The molecule has 0 atom stereocenters. The fourth-order valence-electron chi connectivity index (χ4n) is 1.98. The van der Waals surface area contributed by atoms with E-state index in [0.717, 1.165) is 11.3 Å². The van der Waals surface area contributed by atoms with E-state index in [4.69, 9.17) is 17.0 Å². The lowest BCUT2D eigenvalue weighted by Crippen LogP contribution is -2.38. The van der Waals surface area contributed by atoms with Crippen LogP contribution in [-0.2, 0) is 6.54 Å². The Balaban J connectivity index is 1.90. The van der Waals surface area contributed by atoms with Crippen molar-refractivity contribution >= 4 is 34.6 Å². The molecular weight excluding hydrogens is 340 g/mol. The van der Waals surface area contributed by atoms with E-state index in [9.17, 15) is 4.79 Å². The fourth-order valence-corrected chi connectivity index (χ4v) is 2.79. The topological polar surface area (TPSA) is 50.4 Å². The molecule has 0 aliphatic carbocycles. The molecule has 0 saturated carbocycles. The van der Waals surface area contributed by atoms with Gasteiger partial charge in [0.1, 0.15) is 5.75 Å². The Hall–Kier alpha value is -1.92. The van der Waals surface area contributed by atoms with Gasteiger partial charge in [-0.05, 0) is 48.1 Å². The number of carbonyl (C=O) groups is 1. The summed E-state index contributed by atoms with van der Waals surface area (Å²) in [7, 11) is 0. The number of amides is 1. The lowest BCUT2D eigenvalue weighted by Gasteiger charge is -2.13. The predicted octanol–water partition coefficient (Wildman–Crippen LogP) is 3.98. The summed E-state index contributed by atoms with van der Waals surface area (Å²) in [6, 6.07) is 11.2. The highest BCUT2D eigenvalue weighted by atomic mass is 32.1. The molecule has 2 aromatic rings. The molecule has 24 heavy (non-hydrogen) atoms. The first-order valence-electron chi connectivity index (χ1n) is 7.89. The average Bonchev–Trinajstić information content (AvgIpc) is 3.06. The number of hydrogen-bond donors (Lipinski definition) is 2. The third-order valence-electron chi connectivity index (χ3n) is 3.31. The van der Waals surface area contributed by atoms with Gasteiger partial charge >= 0.3 is 0 Å². The Labute approximate surface area is 152 Å². The van der Waals surface area contributed by atoms with Crippen molar-refractivity contribution in [2.45, 2.75) is 26.8 Å². The van der Waals surface area contributed by atoms with Gasteiger partial charge in [0.2, 0.25) is 0 Å². The highest BCUT2D eigenvalue weighted by molar-refractivity contribution is 7.80. The first-order chi connectivity index (χ1) is 11.6. The summed E-state index contributed by atoms with van der Waals surface area (Å²) >= 11 is 6.83. The molecule has 0 spiro atoms. The zero-order valence-corrected chi connectivity index (χ0v) is 15.5. The average molecular weight is 363 g/mol. The highest BCUT2D eigenvalue weighted by Gasteiger charge is 2.13. The van der Waals surface area contributed by atoms with E-state index in [0.29, 0.717) is 35.5 Å². The Kier molecular flexibility index (Phi) is 7.21. The minimum Gasteiger partial charge on any atom is -0.493 e. The van der Waals surface area contributed by atoms with E-state index < -0.39 is 0 Å². The van der Waals surface area contributed by atoms with E-state index in [1.807, 2.05) is 29.6 Å². The second-order valence-electron chi connectivity index (χ2n) is 5.74. The lowest BCUT2D eigenvalue weighted by atomic mass is 10.1. The molecule has 1 amide bonds. The molecule has 6 heteroatoms.